The Kier molecular flexibility index (Phi) is 5.92. The molecule has 2 heterocycles. The smallest absolute Gasteiger partial charge is 0.313 e. The van der Waals surface area contributed by atoms with E-state index in [1.165, 1.54) is 24.0 Å². The number of ether oxygens (including phenoxy) is 1. The summed E-state index contributed by atoms with van der Waals surface area (Å²) < 4.78 is 9.90. The van der Waals surface area contributed by atoms with E-state index in [0.717, 1.165) is 42.9 Å². The summed E-state index contributed by atoms with van der Waals surface area (Å²) in [6.45, 7) is 4.76. The second-order valence-corrected chi connectivity index (χ2v) is 8.07. The SMILES string of the molecule is CCOC(=O)Cc1nn(CN2CCc3ccccc3C2)c(=S)n1C1CCCC1. The Bertz CT molecular complexity index is 898. The Morgan fingerprint density at radius 2 is 2.00 bits per heavy atom. The predicted molar refractivity (Wildman–Crippen MR) is 109 cm³/mol. The molecule has 2 aliphatic rings. The summed E-state index contributed by atoms with van der Waals surface area (Å²) in [6.07, 6.45) is 5.85. The van der Waals surface area contributed by atoms with Gasteiger partial charge >= 0.3 is 5.97 Å². The number of rotatable bonds is 6. The highest BCUT2D eigenvalue weighted by molar-refractivity contribution is 7.71. The molecule has 4 rings (SSSR count). The van der Waals surface area contributed by atoms with Crippen molar-refractivity contribution >= 4 is 18.2 Å². The number of benzene rings is 1. The van der Waals surface area contributed by atoms with Gasteiger partial charge in [0, 0.05) is 19.1 Å². The Hall–Kier alpha value is -1.99. The first-order valence-electron chi connectivity index (χ1n) is 10.3. The number of carbonyl (C=O) groups excluding carboxylic acids is 1. The van der Waals surface area contributed by atoms with Crippen LogP contribution in [-0.2, 0) is 35.6 Å². The van der Waals surface area contributed by atoms with E-state index < -0.39 is 0 Å². The molecule has 0 radical (unpaired) electrons. The second-order valence-electron chi connectivity index (χ2n) is 7.70. The second kappa shape index (κ2) is 8.57. The van der Waals surface area contributed by atoms with Crippen molar-refractivity contribution in [1.29, 1.82) is 0 Å². The summed E-state index contributed by atoms with van der Waals surface area (Å²) in [5, 5.41) is 4.76. The first-order chi connectivity index (χ1) is 13.7. The zero-order valence-corrected chi connectivity index (χ0v) is 17.3. The van der Waals surface area contributed by atoms with Crippen molar-refractivity contribution in [3.05, 3.63) is 46.0 Å². The van der Waals surface area contributed by atoms with Crippen LogP contribution in [0.1, 0.15) is 55.6 Å². The van der Waals surface area contributed by atoms with Gasteiger partial charge in [0.1, 0.15) is 12.2 Å². The molecular formula is C21H28N4O2S. The Morgan fingerprint density at radius 3 is 2.75 bits per heavy atom. The maximum Gasteiger partial charge on any atom is 0.313 e. The van der Waals surface area contributed by atoms with Crippen LogP contribution in [0.5, 0.6) is 0 Å². The maximum atomic E-state index is 12.1. The molecule has 28 heavy (non-hydrogen) atoms. The van der Waals surface area contributed by atoms with Gasteiger partial charge in [-0.2, -0.15) is 5.10 Å². The highest BCUT2D eigenvalue weighted by Crippen LogP contribution is 2.31. The van der Waals surface area contributed by atoms with Gasteiger partial charge in [-0.05, 0) is 49.5 Å². The number of hydrogen-bond donors (Lipinski definition) is 0. The lowest BCUT2D eigenvalue weighted by Gasteiger charge is -2.28. The van der Waals surface area contributed by atoms with E-state index in [2.05, 4.69) is 33.7 Å². The first-order valence-corrected chi connectivity index (χ1v) is 10.7. The van der Waals surface area contributed by atoms with Gasteiger partial charge in [-0.3, -0.25) is 9.69 Å². The molecule has 0 amide bonds. The zero-order chi connectivity index (χ0) is 19.5. The third kappa shape index (κ3) is 4.05. The van der Waals surface area contributed by atoms with Crippen molar-refractivity contribution < 1.29 is 9.53 Å². The van der Waals surface area contributed by atoms with Crippen molar-refractivity contribution in [2.45, 2.75) is 64.7 Å². The fraction of sp³-hybridized carbons (Fsp3) is 0.571. The minimum Gasteiger partial charge on any atom is -0.466 e. The van der Waals surface area contributed by atoms with Gasteiger partial charge in [0.2, 0.25) is 0 Å². The fourth-order valence-corrected chi connectivity index (χ4v) is 4.77. The van der Waals surface area contributed by atoms with Crippen LogP contribution in [0, 0.1) is 4.77 Å². The maximum absolute atomic E-state index is 12.1. The average molecular weight is 401 g/mol. The van der Waals surface area contributed by atoms with Crippen molar-refractivity contribution in [2.75, 3.05) is 13.2 Å². The molecule has 0 bridgehead atoms. The molecule has 6 nitrogen and oxygen atoms in total. The monoisotopic (exact) mass is 400 g/mol. The number of carbonyl (C=O) groups is 1. The molecule has 1 aromatic heterocycles. The number of esters is 1. The molecule has 0 spiro atoms. The van der Waals surface area contributed by atoms with Crippen molar-refractivity contribution in [2.24, 2.45) is 0 Å². The number of fused-ring (bicyclic) bond motifs is 1. The molecule has 1 aliphatic heterocycles. The van der Waals surface area contributed by atoms with Crippen LogP contribution < -0.4 is 0 Å². The lowest BCUT2D eigenvalue weighted by Crippen LogP contribution is -2.32. The minimum atomic E-state index is -0.235. The summed E-state index contributed by atoms with van der Waals surface area (Å²) in [7, 11) is 0. The van der Waals surface area contributed by atoms with Gasteiger partial charge in [0.05, 0.1) is 13.3 Å². The van der Waals surface area contributed by atoms with E-state index in [1.807, 2.05) is 11.6 Å². The van der Waals surface area contributed by atoms with Gasteiger partial charge in [-0.15, -0.1) is 0 Å². The molecule has 2 aromatic rings. The molecule has 0 saturated heterocycles. The van der Waals surface area contributed by atoms with Crippen molar-refractivity contribution in [3.63, 3.8) is 0 Å². The quantitative estimate of drug-likeness (QED) is 0.547. The zero-order valence-electron chi connectivity index (χ0n) is 16.5. The third-order valence-corrected chi connectivity index (χ3v) is 6.19. The molecule has 0 N–H and O–H groups in total. The molecule has 1 saturated carbocycles. The largest absolute Gasteiger partial charge is 0.466 e. The van der Waals surface area contributed by atoms with Gasteiger partial charge in [0.25, 0.3) is 0 Å². The van der Waals surface area contributed by atoms with Gasteiger partial charge in [-0.1, -0.05) is 37.1 Å². The van der Waals surface area contributed by atoms with Crippen LogP contribution in [0.3, 0.4) is 0 Å². The first kappa shape index (κ1) is 19.3. The van der Waals surface area contributed by atoms with Crippen LogP contribution >= 0.6 is 12.2 Å². The van der Waals surface area contributed by atoms with Crippen LogP contribution in [-0.4, -0.2) is 38.4 Å². The summed E-state index contributed by atoms with van der Waals surface area (Å²) in [4.78, 5) is 14.5. The van der Waals surface area contributed by atoms with Crippen LogP contribution in [0.4, 0.5) is 0 Å². The minimum absolute atomic E-state index is 0.184. The van der Waals surface area contributed by atoms with E-state index in [0.29, 0.717) is 19.3 Å². The molecule has 1 aliphatic carbocycles. The van der Waals surface area contributed by atoms with Gasteiger partial charge < -0.3 is 9.30 Å². The Labute approximate surface area is 171 Å². The molecule has 0 atom stereocenters. The van der Waals surface area contributed by atoms with E-state index in [1.54, 1.807) is 0 Å². The molecular weight excluding hydrogens is 372 g/mol. The number of aromatic nitrogens is 3. The summed E-state index contributed by atoms with van der Waals surface area (Å²) in [5.41, 5.74) is 2.81. The average Bonchev–Trinajstić information content (AvgIpc) is 3.30. The molecule has 1 aromatic carbocycles. The molecule has 7 heteroatoms. The molecule has 150 valence electrons. The van der Waals surface area contributed by atoms with E-state index >= 15 is 0 Å². The fourth-order valence-electron chi connectivity index (χ4n) is 4.41. The van der Waals surface area contributed by atoms with Crippen LogP contribution in [0.25, 0.3) is 0 Å². The predicted octanol–water partition coefficient (Wildman–Crippen LogP) is 3.65. The van der Waals surface area contributed by atoms with E-state index in [9.17, 15) is 4.79 Å². The summed E-state index contributed by atoms with van der Waals surface area (Å²) in [5.74, 6) is 0.508. The highest BCUT2D eigenvalue weighted by atomic mass is 32.1. The normalized spacial score (nSPS) is 17.6. The van der Waals surface area contributed by atoms with Crippen molar-refractivity contribution in [1.82, 2.24) is 19.2 Å². The van der Waals surface area contributed by atoms with Crippen molar-refractivity contribution in [3.8, 4) is 0 Å². The van der Waals surface area contributed by atoms with Gasteiger partial charge in [-0.25, -0.2) is 4.68 Å². The van der Waals surface area contributed by atoms with E-state index in [-0.39, 0.29) is 12.4 Å². The number of nitrogens with zero attached hydrogens (tertiary/aromatic N) is 4. The highest BCUT2D eigenvalue weighted by Gasteiger charge is 2.25. The topological polar surface area (TPSA) is 52.3 Å². The summed E-state index contributed by atoms with van der Waals surface area (Å²) in [6, 6.07) is 8.97. The Balaban J connectivity index is 1.57. The summed E-state index contributed by atoms with van der Waals surface area (Å²) >= 11 is 5.80. The number of hydrogen-bond acceptors (Lipinski definition) is 5. The third-order valence-electron chi connectivity index (χ3n) is 5.78. The van der Waals surface area contributed by atoms with Crippen LogP contribution in [0.15, 0.2) is 24.3 Å². The lowest BCUT2D eigenvalue weighted by atomic mass is 10.0. The molecule has 1 fully saturated rings. The van der Waals surface area contributed by atoms with E-state index in [4.69, 9.17) is 22.1 Å². The van der Waals surface area contributed by atoms with Crippen LogP contribution in [0.2, 0.25) is 0 Å². The Morgan fingerprint density at radius 1 is 1.25 bits per heavy atom. The molecule has 0 unspecified atom stereocenters. The standard InChI is InChI=1S/C21H28N4O2S/c1-2-27-20(26)13-19-22-24(21(28)25(19)18-9-5-6-10-18)15-23-12-11-16-7-3-4-8-17(16)14-23/h3-4,7-8,18H,2,5-6,9-15H2,1H3. The van der Waals surface area contributed by atoms with Gasteiger partial charge in [0.15, 0.2) is 4.77 Å². The lowest BCUT2D eigenvalue weighted by molar-refractivity contribution is -0.142.